The summed E-state index contributed by atoms with van der Waals surface area (Å²) in [5, 5.41) is 3.60. The van der Waals surface area contributed by atoms with E-state index in [0.29, 0.717) is 0 Å². The number of aromatic nitrogens is 2. The summed E-state index contributed by atoms with van der Waals surface area (Å²) in [6.45, 7) is 0. The minimum absolute atomic E-state index is 0.931. The van der Waals surface area contributed by atoms with Gasteiger partial charge in [-0.25, -0.2) is 0 Å². The molecule has 0 bridgehead atoms. The second-order valence-corrected chi connectivity index (χ2v) is 9.22. The van der Waals surface area contributed by atoms with Crippen molar-refractivity contribution in [2.75, 3.05) is 0 Å². The van der Waals surface area contributed by atoms with Gasteiger partial charge in [0.15, 0.2) is 0 Å². The number of halogens is 1. The van der Waals surface area contributed by atoms with Gasteiger partial charge in [-0.3, -0.25) is 9.97 Å². The van der Waals surface area contributed by atoms with Gasteiger partial charge in [-0.15, -0.1) is 0 Å². The van der Waals surface area contributed by atoms with Crippen molar-refractivity contribution in [3.05, 3.63) is 121 Å². The predicted octanol–water partition coefficient (Wildman–Crippen LogP) is 8.72. The first kappa shape index (κ1) is 21.0. The van der Waals surface area contributed by atoms with Gasteiger partial charge in [0, 0.05) is 33.3 Å². The van der Waals surface area contributed by atoms with Crippen molar-refractivity contribution < 1.29 is 0 Å². The van der Waals surface area contributed by atoms with Crippen molar-refractivity contribution >= 4 is 44.3 Å². The van der Waals surface area contributed by atoms with Gasteiger partial charge in [0.05, 0.1) is 11.2 Å². The van der Waals surface area contributed by atoms with Crippen LogP contribution in [-0.4, -0.2) is 9.97 Å². The molecule has 0 atom stereocenters. The Morgan fingerprint density at radius 3 is 1.82 bits per heavy atom. The molecule has 34 heavy (non-hydrogen) atoms. The largest absolute Gasteiger partial charge is 0.256 e. The van der Waals surface area contributed by atoms with Crippen LogP contribution in [0.25, 0.3) is 55.2 Å². The van der Waals surface area contributed by atoms with Gasteiger partial charge in [-0.1, -0.05) is 95.4 Å². The van der Waals surface area contributed by atoms with E-state index in [0.717, 1.165) is 32.2 Å². The lowest BCUT2D eigenvalue weighted by molar-refractivity contribution is 1.31. The zero-order valence-electron chi connectivity index (χ0n) is 18.4. The molecule has 0 amide bonds. The molecule has 0 unspecified atom stereocenters. The molecule has 0 aliphatic rings. The van der Waals surface area contributed by atoms with Crippen molar-refractivity contribution in [1.82, 2.24) is 9.97 Å². The Balaban J connectivity index is 1.29. The fraction of sp³-hybridized carbons (Fsp3) is 0.0323. The van der Waals surface area contributed by atoms with Gasteiger partial charge < -0.3 is 0 Å². The van der Waals surface area contributed by atoms with Gasteiger partial charge in [-0.05, 0) is 63.4 Å². The van der Waals surface area contributed by atoms with E-state index in [1.54, 1.807) is 0 Å². The predicted molar refractivity (Wildman–Crippen MR) is 151 cm³/mol. The van der Waals surface area contributed by atoms with Gasteiger partial charge in [0.2, 0.25) is 0 Å². The molecule has 4 aromatic carbocycles. The molecule has 0 saturated carbocycles. The molecule has 0 aliphatic carbocycles. The van der Waals surface area contributed by atoms with E-state index in [-0.39, 0.29) is 0 Å². The van der Waals surface area contributed by atoms with E-state index in [2.05, 4.69) is 113 Å². The lowest BCUT2D eigenvalue weighted by Crippen LogP contribution is -1.88. The number of pyridine rings is 2. The maximum atomic E-state index is 4.74. The number of hydrogen-bond acceptors (Lipinski definition) is 2. The summed E-state index contributed by atoms with van der Waals surface area (Å²) in [7, 11) is 0. The third-order valence-corrected chi connectivity index (χ3v) is 7.15. The summed E-state index contributed by atoms with van der Waals surface area (Å²) >= 11 is 2.40. The van der Waals surface area contributed by atoms with Crippen LogP contribution in [0.3, 0.4) is 0 Å². The highest BCUT2D eigenvalue weighted by molar-refractivity contribution is 14.1. The van der Waals surface area contributed by atoms with E-state index in [4.69, 9.17) is 4.98 Å². The molecule has 162 valence electrons. The minimum atomic E-state index is 0.931. The second kappa shape index (κ2) is 8.99. The number of hydrogen-bond donors (Lipinski definition) is 0. The number of alkyl halides is 1. The Bertz CT molecular complexity index is 1620. The van der Waals surface area contributed by atoms with Gasteiger partial charge in [-0.2, -0.15) is 0 Å². The maximum absolute atomic E-state index is 4.74. The number of fused-ring (bicyclic) bond motifs is 2. The summed E-state index contributed by atoms with van der Waals surface area (Å²) in [6, 6.07) is 36.7. The van der Waals surface area contributed by atoms with Gasteiger partial charge in [0.1, 0.15) is 0 Å². The molecule has 2 nitrogen and oxygen atoms in total. The SMILES string of the molecule is ICc1ccc(-c2ccc3cc(-c4ccc(-c5cnc6ccccc6c5)nc4)ccc3c2)cc1. The van der Waals surface area contributed by atoms with E-state index < -0.39 is 0 Å². The molecule has 2 aromatic heterocycles. The maximum Gasteiger partial charge on any atom is 0.0718 e. The van der Waals surface area contributed by atoms with Gasteiger partial charge >= 0.3 is 0 Å². The Morgan fingerprint density at radius 1 is 0.500 bits per heavy atom. The molecule has 0 saturated heterocycles. The molecule has 6 rings (SSSR count). The molecule has 0 fully saturated rings. The third-order valence-electron chi connectivity index (χ3n) is 6.26. The molecule has 0 spiro atoms. The van der Waals surface area contributed by atoms with Crippen LogP contribution in [0, 0.1) is 0 Å². The highest BCUT2D eigenvalue weighted by atomic mass is 127. The lowest BCUT2D eigenvalue weighted by atomic mass is 9.97. The quantitative estimate of drug-likeness (QED) is 0.163. The molecular formula is C31H21IN2. The van der Waals surface area contributed by atoms with E-state index in [1.165, 1.54) is 33.0 Å². The number of para-hydroxylation sites is 1. The Morgan fingerprint density at radius 2 is 1.12 bits per heavy atom. The van der Waals surface area contributed by atoms with Crippen LogP contribution in [-0.2, 0) is 4.43 Å². The summed E-state index contributed by atoms with van der Waals surface area (Å²) in [5.41, 5.74) is 9.09. The zero-order valence-corrected chi connectivity index (χ0v) is 20.6. The van der Waals surface area contributed by atoms with Crippen LogP contribution in [0.15, 0.2) is 116 Å². The summed E-state index contributed by atoms with van der Waals surface area (Å²) in [6.07, 6.45) is 3.85. The number of benzene rings is 4. The fourth-order valence-corrected chi connectivity index (χ4v) is 4.85. The number of nitrogens with zero attached hydrogens (tertiary/aromatic N) is 2. The van der Waals surface area contributed by atoms with Crippen LogP contribution in [0.1, 0.15) is 5.56 Å². The first-order chi connectivity index (χ1) is 16.8. The molecule has 0 N–H and O–H groups in total. The summed E-state index contributed by atoms with van der Waals surface area (Å²) in [4.78, 5) is 9.31. The van der Waals surface area contributed by atoms with Crippen LogP contribution in [0.2, 0.25) is 0 Å². The normalized spacial score (nSPS) is 11.2. The van der Waals surface area contributed by atoms with Crippen molar-refractivity contribution in [2.24, 2.45) is 0 Å². The van der Waals surface area contributed by atoms with Crippen molar-refractivity contribution in [1.29, 1.82) is 0 Å². The van der Waals surface area contributed by atoms with Gasteiger partial charge in [0.25, 0.3) is 0 Å². The minimum Gasteiger partial charge on any atom is -0.256 e. The van der Waals surface area contributed by atoms with Crippen molar-refractivity contribution in [2.45, 2.75) is 4.43 Å². The average molecular weight is 548 g/mol. The third kappa shape index (κ3) is 4.08. The zero-order chi connectivity index (χ0) is 22.9. The van der Waals surface area contributed by atoms with E-state index >= 15 is 0 Å². The topological polar surface area (TPSA) is 25.8 Å². The molecular weight excluding hydrogens is 527 g/mol. The van der Waals surface area contributed by atoms with E-state index in [1.807, 2.05) is 30.6 Å². The molecule has 3 heteroatoms. The summed E-state index contributed by atoms with van der Waals surface area (Å²) in [5.74, 6) is 0. The van der Waals surface area contributed by atoms with Crippen LogP contribution < -0.4 is 0 Å². The Kier molecular flexibility index (Phi) is 5.55. The van der Waals surface area contributed by atoms with Crippen LogP contribution >= 0.6 is 22.6 Å². The highest BCUT2D eigenvalue weighted by Crippen LogP contribution is 2.30. The van der Waals surface area contributed by atoms with E-state index in [9.17, 15) is 0 Å². The van der Waals surface area contributed by atoms with Crippen LogP contribution in [0.4, 0.5) is 0 Å². The molecule has 2 heterocycles. The van der Waals surface area contributed by atoms with Crippen molar-refractivity contribution in [3.8, 4) is 33.5 Å². The monoisotopic (exact) mass is 548 g/mol. The second-order valence-electron chi connectivity index (χ2n) is 8.46. The highest BCUT2D eigenvalue weighted by Gasteiger charge is 2.06. The Hall–Kier alpha value is -3.57. The average Bonchev–Trinajstić information content (AvgIpc) is 2.92. The molecule has 6 aromatic rings. The van der Waals surface area contributed by atoms with Crippen LogP contribution in [0.5, 0.6) is 0 Å². The number of rotatable bonds is 4. The van der Waals surface area contributed by atoms with Crippen molar-refractivity contribution in [3.63, 3.8) is 0 Å². The Labute approximate surface area is 212 Å². The summed E-state index contributed by atoms with van der Waals surface area (Å²) < 4.78 is 1.04. The molecule has 0 aliphatic heterocycles. The first-order valence-corrected chi connectivity index (χ1v) is 12.8. The first-order valence-electron chi connectivity index (χ1n) is 11.3. The lowest BCUT2D eigenvalue weighted by Gasteiger charge is -2.08. The standard InChI is InChI=1S/C31H21IN2/c32-18-21-5-7-22(8-6-21)23-9-10-25-16-26(12-11-24(25)15-23)28-13-14-31(33-19-28)29-17-27-3-1-2-4-30(27)34-20-29/h1-17,19-20H,18H2. The fourth-order valence-electron chi connectivity index (χ4n) is 4.34. The smallest absolute Gasteiger partial charge is 0.0718 e. The molecule has 0 radical (unpaired) electrons.